The Bertz CT molecular complexity index is 760. The molecule has 126 valence electrons. The molecule has 0 heterocycles. The van der Waals surface area contributed by atoms with Crippen molar-refractivity contribution in [3.8, 4) is 16.9 Å². The van der Waals surface area contributed by atoms with Crippen LogP contribution in [0.3, 0.4) is 0 Å². The zero-order valence-electron chi connectivity index (χ0n) is 14.2. The van der Waals surface area contributed by atoms with E-state index in [0.29, 0.717) is 5.56 Å². The van der Waals surface area contributed by atoms with Gasteiger partial charge >= 0.3 is 5.97 Å². The van der Waals surface area contributed by atoms with Gasteiger partial charge in [0.15, 0.2) is 6.04 Å². The number of carboxylic acid groups (broad SMARTS) is 1. The van der Waals surface area contributed by atoms with Crippen LogP contribution >= 0.6 is 0 Å². The summed E-state index contributed by atoms with van der Waals surface area (Å²) in [5.41, 5.74) is 4.54. The van der Waals surface area contributed by atoms with Gasteiger partial charge in [0, 0.05) is 6.92 Å². The number of carbonyl (C=O) groups is 2. The average Bonchev–Trinajstić information content (AvgIpc) is 2.51. The highest BCUT2D eigenvalue weighted by atomic mass is 16.5. The number of carboxylic acids is 1. The van der Waals surface area contributed by atoms with E-state index in [-0.39, 0.29) is 5.91 Å². The molecule has 0 spiro atoms. The minimum absolute atomic E-state index is 0.385. The molecule has 0 saturated carbocycles. The molecule has 0 radical (unpaired) electrons. The molecule has 2 aromatic rings. The van der Waals surface area contributed by atoms with Gasteiger partial charge in [-0.3, -0.25) is 4.79 Å². The second kappa shape index (κ2) is 7.17. The normalized spacial score (nSPS) is 11.7. The van der Waals surface area contributed by atoms with Crippen LogP contribution in [0.1, 0.15) is 29.7 Å². The molecule has 0 aliphatic carbocycles. The molecule has 2 rings (SSSR count). The summed E-state index contributed by atoms with van der Waals surface area (Å²) in [4.78, 5) is 22.7. The third-order valence-electron chi connectivity index (χ3n) is 3.85. The van der Waals surface area contributed by atoms with Gasteiger partial charge in [-0.1, -0.05) is 18.2 Å². The van der Waals surface area contributed by atoms with E-state index in [1.807, 2.05) is 32.0 Å². The van der Waals surface area contributed by atoms with Crippen molar-refractivity contribution in [2.24, 2.45) is 0 Å². The number of methoxy groups -OCH3 is 1. The molecular formula is C19H21NO4. The van der Waals surface area contributed by atoms with Gasteiger partial charge in [0.1, 0.15) is 5.75 Å². The molecule has 0 aliphatic rings. The van der Waals surface area contributed by atoms with E-state index in [2.05, 4.69) is 5.32 Å². The Morgan fingerprint density at radius 2 is 1.75 bits per heavy atom. The average molecular weight is 327 g/mol. The third-order valence-corrected chi connectivity index (χ3v) is 3.85. The van der Waals surface area contributed by atoms with Crippen LogP contribution in [0.2, 0.25) is 0 Å². The summed E-state index contributed by atoms with van der Waals surface area (Å²) in [5, 5.41) is 11.8. The monoisotopic (exact) mass is 327 g/mol. The summed E-state index contributed by atoms with van der Waals surface area (Å²) in [6.07, 6.45) is 0. The third kappa shape index (κ3) is 3.74. The summed E-state index contributed by atoms with van der Waals surface area (Å²) in [6, 6.07) is 10.0. The number of amides is 1. The SMILES string of the molecule is COc1cc(C)c(-c2cccc(C(NC(C)=O)C(=O)O)c2)c(C)c1. The van der Waals surface area contributed by atoms with E-state index >= 15 is 0 Å². The molecule has 1 atom stereocenters. The van der Waals surface area contributed by atoms with Crippen molar-refractivity contribution in [1.29, 1.82) is 0 Å². The highest BCUT2D eigenvalue weighted by Crippen LogP contribution is 2.32. The Balaban J connectivity index is 2.51. The van der Waals surface area contributed by atoms with E-state index in [9.17, 15) is 14.7 Å². The first-order valence-electron chi connectivity index (χ1n) is 7.59. The number of ether oxygens (including phenoxy) is 1. The first-order chi connectivity index (χ1) is 11.3. The van der Waals surface area contributed by atoms with Crippen LogP contribution in [0.4, 0.5) is 0 Å². The summed E-state index contributed by atoms with van der Waals surface area (Å²) >= 11 is 0. The van der Waals surface area contributed by atoms with Gasteiger partial charge in [-0.15, -0.1) is 0 Å². The minimum Gasteiger partial charge on any atom is -0.497 e. The Hall–Kier alpha value is -2.82. The van der Waals surface area contributed by atoms with Crippen LogP contribution < -0.4 is 10.1 Å². The maximum absolute atomic E-state index is 11.5. The molecule has 0 aliphatic heterocycles. The lowest BCUT2D eigenvalue weighted by atomic mass is 9.93. The highest BCUT2D eigenvalue weighted by molar-refractivity contribution is 5.84. The number of aliphatic carboxylic acids is 1. The van der Waals surface area contributed by atoms with Crippen LogP contribution in [0.5, 0.6) is 5.75 Å². The molecular weight excluding hydrogens is 306 g/mol. The van der Waals surface area contributed by atoms with Gasteiger partial charge in [0.25, 0.3) is 0 Å². The number of nitrogens with one attached hydrogen (secondary N) is 1. The van der Waals surface area contributed by atoms with Crippen LogP contribution in [0.25, 0.3) is 11.1 Å². The Kier molecular flexibility index (Phi) is 5.24. The molecule has 24 heavy (non-hydrogen) atoms. The Morgan fingerprint density at radius 3 is 2.25 bits per heavy atom. The van der Waals surface area contributed by atoms with E-state index in [0.717, 1.165) is 28.0 Å². The van der Waals surface area contributed by atoms with Gasteiger partial charge in [-0.2, -0.15) is 0 Å². The minimum atomic E-state index is -1.09. The van der Waals surface area contributed by atoms with Crippen molar-refractivity contribution in [2.75, 3.05) is 7.11 Å². The van der Waals surface area contributed by atoms with Crippen molar-refractivity contribution in [2.45, 2.75) is 26.8 Å². The summed E-state index contributed by atoms with van der Waals surface area (Å²) in [6.45, 7) is 5.28. The number of rotatable bonds is 5. The van der Waals surface area contributed by atoms with Gasteiger partial charge < -0.3 is 15.2 Å². The molecule has 1 unspecified atom stereocenters. The van der Waals surface area contributed by atoms with Crippen molar-refractivity contribution in [3.63, 3.8) is 0 Å². The number of hydrogen-bond donors (Lipinski definition) is 2. The number of carbonyl (C=O) groups excluding carboxylic acids is 1. The number of hydrogen-bond acceptors (Lipinski definition) is 3. The van der Waals surface area contributed by atoms with Crippen LogP contribution in [-0.4, -0.2) is 24.1 Å². The summed E-state index contributed by atoms with van der Waals surface area (Å²) in [5.74, 6) is -0.693. The van der Waals surface area contributed by atoms with Crippen LogP contribution in [0.15, 0.2) is 36.4 Å². The lowest BCUT2D eigenvalue weighted by Crippen LogP contribution is -2.31. The van der Waals surface area contributed by atoms with Crippen LogP contribution in [-0.2, 0) is 9.59 Å². The molecule has 1 amide bonds. The highest BCUT2D eigenvalue weighted by Gasteiger charge is 2.21. The number of aryl methyl sites for hydroxylation is 2. The smallest absolute Gasteiger partial charge is 0.330 e. The van der Waals surface area contributed by atoms with E-state index in [4.69, 9.17) is 4.74 Å². The molecule has 0 bridgehead atoms. The van der Waals surface area contributed by atoms with E-state index < -0.39 is 12.0 Å². The zero-order chi connectivity index (χ0) is 17.9. The fourth-order valence-corrected chi connectivity index (χ4v) is 2.86. The Labute approximate surface area is 141 Å². The fourth-order valence-electron chi connectivity index (χ4n) is 2.86. The molecule has 5 heteroatoms. The maximum Gasteiger partial charge on any atom is 0.330 e. The first kappa shape index (κ1) is 17.5. The predicted octanol–water partition coefficient (Wildman–Crippen LogP) is 3.24. The second-order valence-electron chi connectivity index (χ2n) is 5.73. The van der Waals surface area contributed by atoms with Crippen molar-refractivity contribution >= 4 is 11.9 Å². The van der Waals surface area contributed by atoms with Crippen molar-refractivity contribution in [1.82, 2.24) is 5.32 Å². The quantitative estimate of drug-likeness (QED) is 0.884. The van der Waals surface area contributed by atoms with Gasteiger partial charge in [-0.05, 0) is 59.9 Å². The zero-order valence-corrected chi connectivity index (χ0v) is 14.2. The van der Waals surface area contributed by atoms with E-state index in [1.54, 1.807) is 25.3 Å². The molecule has 0 saturated heterocycles. The largest absolute Gasteiger partial charge is 0.497 e. The van der Waals surface area contributed by atoms with Gasteiger partial charge in [-0.25, -0.2) is 4.79 Å². The van der Waals surface area contributed by atoms with Crippen LogP contribution in [0, 0.1) is 13.8 Å². The molecule has 0 aromatic heterocycles. The second-order valence-corrected chi connectivity index (χ2v) is 5.73. The molecule has 0 fully saturated rings. The predicted molar refractivity (Wildman–Crippen MR) is 92.1 cm³/mol. The standard InChI is InChI=1S/C19H21NO4/c1-11-8-16(24-4)9-12(2)17(11)14-6-5-7-15(10-14)18(19(22)23)20-13(3)21/h5-10,18H,1-4H3,(H,20,21)(H,22,23). The maximum atomic E-state index is 11.5. The summed E-state index contributed by atoms with van der Waals surface area (Å²) in [7, 11) is 1.62. The van der Waals surface area contributed by atoms with Crippen molar-refractivity contribution in [3.05, 3.63) is 53.1 Å². The Morgan fingerprint density at radius 1 is 1.12 bits per heavy atom. The summed E-state index contributed by atoms with van der Waals surface area (Å²) < 4.78 is 5.28. The van der Waals surface area contributed by atoms with Crippen molar-refractivity contribution < 1.29 is 19.4 Å². The molecule has 5 nitrogen and oxygen atoms in total. The lowest BCUT2D eigenvalue weighted by Gasteiger charge is -2.17. The number of benzene rings is 2. The first-order valence-corrected chi connectivity index (χ1v) is 7.59. The lowest BCUT2D eigenvalue weighted by molar-refractivity contribution is -0.141. The van der Waals surface area contributed by atoms with E-state index in [1.165, 1.54) is 6.92 Å². The van der Waals surface area contributed by atoms with Gasteiger partial charge in [0.2, 0.25) is 5.91 Å². The molecule has 2 N–H and O–H groups in total. The van der Waals surface area contributed by atoms with Gasteiger partial charge in [0.05, 0.1) is 7.11 Å². The topological polar surface area (TPSA) is 75.6 Å². The fraction of sp³-hybridized carbons (Fsp3) is 0.263. The molecule has 2 aromatic carbocycles.